The van der Waals surface area contributed by atoms with Gasteiger partial charge in [0, 0.05) is 5.56 Å². The van der Waals surface area contributed by atoms with Crippen LogP contribution in [0.15, 0.2) is 42.5 Å². The molecule has 2 aromatic carbocycles. The highest BCUT2D eigenvalue weighted by Crippen LogP contribution is 2.30. The van der Waals surface area contributed by atoms with E-state index in [9.17, 15) is 0 Å². The number of hydrogen-bond donors (Lipinski definition) is 0. The summed E-state index contributed by atoms with van der Waals surface area (Å²) in [5.41, 5.74) is 3.41. The Morgan fingerprint density at radius 1 is 1.07 bits per heavy atom. The van der Waals surface area contributed by atoms with E-state index in [0.717, 1.165) is 16.9 Å². The van der Waals surface area contributed by atoms with E-state index in [1.807, 2.05) is 30.3 Å². The molecule has 1 heteroatoms. The van der Waals surface area contributed by atoms with Crippen molar-refractivity contribution < 1.29 is 4.74 Å². The average molecular weight is 197 g/mol. The quantitative estimate of drug-likeness (QED) is 0.716. The predicted octanol–water partition coefficient (Wildman–Crippen LogP) is 3.47. The van der Waals surface area contributed by atoms with E-state index in [1.165, 1.54) is 5.56 Å². The first-order valence-electron chi connectivity index (χ1n) is 4.93. The summed E-state index contributed by atoms with van der Waals surface area (Å²) in [4.78, 5) is 0. The minimum Gasteiger partial charge on any atom is -0.496 e. The van der Waals surface area contributed by atoms with Crippen molar-refractivity contribution in [3.63, 3.8) is 0 Å². The van der Waals surface area contributed by atoms with Gasteiger partial charge in [-0.3, -0.25) is 0 Å². The Labute approximate surface area is 90.3 Å². The minimum absolute atomic E-state index is 0.892. The zero-order valence-electron chi connectivity index (χ0n) is 8.95. The van der Waals surface area contributed by atoms with Crippen molar-refractivity contribution in [2.45, 2.75) is 6.92 Å². The second-order valence-corrected chi connectivity index (χ2v) is 3.43. The highest BCUT2D eigenvalue weighted by atomic mass is 16.5. The van der Waals surface area contributed by atoms with Crippen LogP contribution in [-0.4, -0.2) is 7.11 Å². The maximum atomic E-state index is 5.33. The normalized spacial score (nSPS) is 10.0. The number of rotatable bonds is 2. The molecule has 0 atom stereocenters. The van der Waals surface area contributed by atoms with Crippen molar-refractivity contribution >= 4 is 0 Å². The molecule has 1 radical (unpaired) electrons. The fourth-order valence-electron chi connectivity index (χ4n) is 1.66. The smallest absolute Gasteiger partial charge is 0.126 e. The summed E-state index contributed by atoms with van der Waals surface area (Å²) in [6.45, 7) is 2.08. The lowest BCUT2D eigenvalue weighted by Crippen LogP contribution is -1.89. The highest BCUT2D eigenvalue weighted by molar-refractivity contribution is 5.72. The van der Waals surface area contributed by atoms with E-state index in [1.54, 1.807) is 7.11 Å². The predicted molar refractivity (Wildman–Crippen MR) is 62.0 cm³/mol. The maximum Gasteiger partial charge on any atom is 0.126 e. The van der Waals surface area contributed by atoms with Gasteiger partial charge >= 0.3 is 0 Å². The van der Waals surface area contributed by atoms with Gasteiger partial charge in [0.25, 0.3) is 0 Å². The van der Waals surface area contributed by atoms with Gasteiger partial charge in [0.1, 0.15) is 5.75 Å². The molecule has 0 saturated heterocycles. The number of ether oxygens (including phenoxy) is 1. The number of aryl methyl sites for hydroxylation is 1. The van der Waals surface area contributed by atoms with Crippen molar-refractivity contribution in [2.24, 2.45) is 0 Å². The van der Waals surface area contributed by atoms with Gasteiger partial charge in [-0.25, -0.2) is 0 Å². The molecule has 2 rings (SSSR count). The number of hydrogen-bond acceptors (Lipinski definition) is 1. The average Bonchev–Trinajstić information content (AvgIpc) is 2.30. The van der Waals surface area contributed by atoms with Gasteiger partial charge in [0.15, 0.2) is 0 Å². The molecule has 2 aromatic rings. The van der Waals surface area contributed by atoms with Crippen molar-refractivity contribution in [2.75, 3.05) is 7.11 Å². The van der Waals surface area contributed by atoms with Crippen LogP contribution in [0.25, 0.3) is 11.1 Å². The molecule has 0 aliphatic heterocycles. The second kappa shape index (κ2) is 4.18. The van der Waals surface area contributed by atoms with Crippen LogP contribution in [0.5, 0.6) is 5.75 Å². The molecule has 0 fully saturated rings. The fourth-order valence-corrected chi connectivity index (χ4v) is 1.66. The summed E-state index contributed by atoms with van der Waals surface area (Å²) < 4.78 is 5.33. The first-order valence-corrected chi connectivity index (χ1v) is 4.93. The van der Waals surface area contributed by atoms with Crippen LogP contribution in [0.4, 0.5) is 0 Å². The standard InChI is InChI=1S/C14H13O/c1-11-7-3-4-8-12(11)13-9-5-6-10-14(13)15-2/h3-7,9-10H,1-2H3. The molecule has 0 aliphatic carbocycles. The maximum absolute atomic E-state index is 5.33. The van der Waals surface area contributed by atoms with E-state index in [4.69, 9.17) is 4.74 Å². The topological polar surface area (TPSA) is 9.23 Å². The van der Waals surface area contributed by atoms with Crippen LogP contribution in [-0.2, 0) is 0 Å². The van der Waals surface area contributed by atoms with E-state index >= 15 is 0 Å². The summed E-state index contributed by atoms with van der Waals surface area (Å²) in [5.74, 6) is 0.892. The molecule has 0 amide bonds. The lowest BCUT2D eigenvalue weighted by Gasteiger charge is -2.09. The molecule has 75 valence electrons. The molecule has 0 spiro atoms. The van der Waals surface area contributed by atoms with Crippen molar-refractivity contribution in [1.29, 1.82) is 0 Å². The number of para-hydroxylation sites is 1. The number of methoxy groups -OCH3 is 1. The van der Waals surface area contributed by atoms with Gasteiger partial charge in [-0.1, -0.05) is 36.4 Å². The van der Waals surface area contributed by atoms with E-state index in [-0.39, 0.29) is 0 Å². The van der Waals surface area contributed by atoms with Gasteiger partial charge in [-0.2, -0.15) is 0 Å². The summed E-state index contributed by atoms with van der Waals surface area (Å²) in [6, 6.07) is 17.3. The molecule has 0 unspecified atom stereocenters. The summed E-state index contributed by atoms with van der Waals surface area (Å²) >= 11 is 0. The van der Waals surface area contributed by atoms with Crippen molar-refractivity contribution in [3.05, 3.63) is 54.1 Å². The first-order chi connectivity index (χ1) is 7.33. The fraction of sp³-hybridized carbons (Fsp3) is 0.143. The Bertz CT molecular complexity index is 460. The van der Waals surface area contributed by atoms with Gasteiger partial charge in [-0.15, -0.1) is 0 Å². The molecule has 0 aromatic heterocycles. The molecular weight excluding hydrogens is 184 g/mol. The summed E-state index contributed by atoms with van der Waals surface area (Å²) in [6.07, 6.45) is 0. The third-order valence-electron chi connectivity index (χ3n) is 2.44. The van der Waals surface area contributed by atoms with Gasteiger partial charge < -0.3 is 4.74 Å². The highest BCUT2D eigenvalue weighted by Gasteiger charge is 2.06. The zero-order valence-corrected chi connectivity index (χ0v) is 8.95. The third-order valence-corrected chi connectivity index (χ3v) is 2.44. The Morgan fingerprint density at radius 2 is 1.87 bits per heavy atom. The van der Waals surface area contributed by atoms with Crippen LogP contribution in [0.2, 0.25) is 0 Å². The minimum atomic E-state index is 0.892. The first kappa shape index (κ1) is 9.78. The third kappa shape index (κ3) is 1.86. The van der Waals surface area contributed by atoms with E-state index < -0.39 is 0 Å². The van der Waals surface area contributed by atoms with Gasteiger partial charge in [-0.05, 0) is 30.2 Å². The van der Waals surface area contributed by atoms with E-state index in [0.29, 0.717) is 0 Å². The zero-order chi connectivity index (χ0) is 10.7. The molecular formula is C14H13O. The van der Waals surface area contributed by atoms with Crippen LogP contribution in [0, 0.1) is 13.0 Å². The Morgan fingerprint density at radius 3 is 2.60 bits per heavy atom. The molecule has 0 aliphatic rings. The van der Waals surface area contributed by atoms with Crippen LogP contribution >= 0.6 is 0 Å². The molecule has 0 bridgehead atoms. The Hall–Kier alpha value is -1.76. The molecule has 0 heterocycles. The van der Waals surface area contributed by atoms with E-state index in [2.05, 4.69) is 25.1 Å². The Balaban J connectivity index is 2.59. The summed E-state index contributed by atoms with van der Waals surface area (Å²) in [7, 11) is 1.69. The molecule has 15 heavy (non-hydrogen) atoms. The largest absolute Gasteiger partial charge is 0.496 e. The monoisotopic (exact) mass is 197 g/mol. The SMILES string of the molecule is COc1ccccc1-c1[c]cccc1C. The molecule has 0 N–H and O–H groups in total. The molecule has 0 saturated carbocycles. The van der Waals surface area contributed by atoms with Crippen LogP contribution in [0.1, 0.15) is 5.56 Å². The van der Waals surface area contributed by atoms with Gasteiger partial charge in [0.2, 0.25) is 0 Å². The molecule has 1 nitrogen and oxygen atoms in total. The lowest BCUT2D eigenvalue weighted by atomic mass is 10.00. The second-order valence-electron chi connectivity index (χ2n) is 3.43. The van der Waals surface area contributed by atoms with Crippen LogP contribution in [0.3, 0.4) is 0 Å². The van der Waals surface area contributed by atoms with Crippen molar-refractivity contribution in [1.82, 2.24) is 0 Å². The lowest BCUT2D eigenvalue weighted by molar-refractivity contribution is 0.416. The Kier molecular flexibility index (Phi) is 2.72. The number of benzene rings is 2. The van der Waals surface area contributed by atoms with Gasteiger partial charge in [0.05, 0.1) is 7.11 Å². The van der Waals surface area contributed by atoms with Crippen molar-refractivity contribution in [3.8, 4) is 16.9 Å². The summed E-state index contributed by atoms with van der Waals surface area (Å²) in [5, 5.41) is 0. The van der Waals surface area contributed by atoms with Crippen LogP contribution < -0.4 is 4.74 Å².